The van der Waals surface area contributed by atoms with E-state index in [1.54, 1.807) is 0 Å². The summed E-state index contributed by atoms with van der Waals surface area (Å²) in [6, 6.07) is 8.45. The van der Waals surface area contributed by atoms with Crippen molar-refractivity contribution in [1.29, 1.82) is 0 Å². The van der Waals surface area contributed by atoms with Gasteiger partial charge >= 0.3 is 0 Å². The number of nitrogens with one attached hydrogen (secondary N) is 1. The highest BCUT2D eigenvalue weighted by atomic mass is 16.5. The maximum Gasteiger partial charge on any atom is 0.161 e. The van der Waals surface area contributed by atoms with Gasteiger partial charge < -0.3 is 14.8 Å². The molecular weight excluding hydrogens is 262 g/mol. The molecule has 0 amide bonds. The zero-order valence-corrected chi connectivity index (χ0v) is 13.6. The van der Waals surface area contributed by atoms with Gasteiger partial charge in [0.2, 0.25) is 0 Å². The number of ether oxygens (including phenoxy) is 2. The number of benzene rings is 1. The van der Waals surface area contributed by atoms with Gasteiger partial charge in [-0.05, 0) is 51.3 Å². The molecule has 1 aromatic rings. The molecule has 0 saturated heterocycles. The minimum atomic E-state index is 0.238. The van der Waals surface area contributed by atoms with Crippen molar-refractivity contribution in [2.24, 2.45) is 5.92 Å². The molecule has 1 fully saturated rings. The lowest BCUT2D eigenvalue weighted by Gasteiger charge is -2.36. The van der Waals surface area contributed by atoms with Gasteiger partial charge in [0.05, 0.1) is 6.61 Å². The molecule has 1 saturated carbocycles. The van der Waals surface area contributed by atoms with Crippen LogP contribution in [0, 0.1) is 5.92 Å². The number of para-hydroxylation sites is 2. The molecular formula is C18H29NO2. The van der Waals surface area contributed by atoms with Crippen LogP contribution in [0.25, 0.3) is 0 Å². The van der Waals surface area contributed by atoms with Crippen molar-refractivity contribution in [3.05, 3.63) is 24.3 Å². The Morgan fingerprint density at radius 1 is 1.14 bits per heavy atom. The fraction of sp³-hybridized carbons (Fsp3) is 0.667. The van der Waals surface area contributed by atoms with Crippen LogP contribution < -0.4 is 14.8 Å². The molecule has 0 spiro atoms. The summed E-state index contributed by atoms with van der Waals surface area (Å²) in [5.41, 5.74) is 0. The zero-order valence-electron chi connectivity index (χ0n) is 13.6. The number of rotatable bonds is 7. The highest BCUT2D eigenvalue weighted by Gasteiger charge is 2.31. The number of hydrogen-bond acceptors (Lipinski definition) is 3. The van der Waals surface area contributed by atoms with E-state index in [-0.39, 0.29) is 6.10 Å². The summed E-state index contributed by atoms with van der Waals surface area (Å²) < 4.78 is 12.0. The molecule has 3 unspecified atom stereocenters. The Labute approximate surface area is 129 Å². The van der Waals surface area contributed by atoms with Crippen LogP contribution in [0.15, 0.2) is 24.3 Å². The number of likely N-dealkylation sites (N-methyl/N-ethyl adjacent to an activating group) is 1. The molecule has 1 aliphatic carbocycles. The van der Waals surface area contributed by atoms with Crippen LogP contribution in [0.4, 0.5) is 0 Å². The summed E-state index contributed by atoms with van der Waals surface area (Å²) >= 11 is 0. The van der Waals surface area contributed by atoms with Crippen molar-refractivity contribution in [2.45, 2.75) is 58.1 Å². The van der Waals surface area contributed by atoms with E-state index in [4.69, 9.17) is 9.47 Å². The van der Waals surface area contributed by atoms with Gasteiger partial charge in [-0.1, -0.05) is 31.9 Å². The summed E-state index contributed by atoms with van der Waals surface area (Å²) in [5, 5.41) is 3.42. The van der Waals surface area contributed by atoms with Gasteiger partial charge in [-0.15, -0.1) is 0 Å². The second-order valence-electron chi connectivity index (χ2n) is 5.90. The Morgan fingerprint density at radius 2 is 1.90 bits per heavy atom. The lowest BCUT2D eigenvalue weighted by Crippen LogP contribution is -2.45. The largest absolute Gasteiger partial charge is 0.490 e. The molecule has 1 aliphatic rings. The van der Waals surface area contributed by atoms with Crippen LogP contribution >= 0.6 is 0 Å². The zero-order chi connectivity index (χ0) is 15.1. The van der Waals surface area contributed by atoms with E-state index in [0.717, 1.165) is 23.8 Å². The maximum absolute atomic E-state index is 6.33. The Balaban J connectivity index is 2.07. The summed E-state index contributed by atoms with van der Waals surface area (Å²) in [6.45, 7) is 4.94. The highest BCUT2D eigenvalue weighted by Crippen LogP contribution is 2.34. The van der Waals surface area contributed by atoms with Crippen molar-refractivity contribution < 1.29 is 9.47 Å². The van der Waals surface area contributed by atoms with Crippen LogP contribution in [0.3, 0.4) is 0 Å². The Kier molecular flexibility index (Phi) is 6.37. The van der Waals surface area contributed by atoms with E-state index in [2.05, 4.69) is 12.2 Å². The van der Waals surface area contributed by atoms with Gasteiger partial charge in [-0.2, -0.15) is 0 Å². The van der Waals surface area contributed by atoms with E-state index in [1.807, 2.05) is 38.2 Å². The van der Waals surface area contributed by atoms with Gasteiger partial charge in [0.15, 0.2) is 11.5 Å². The number of hydrogen-bond donors (Lipinski definition) is 1. The fourth-order valence-corrected chi connectivity index (χ4v) is 3.33. The van der Waals surface area contributed by atoms with E-state index in [0.29, 0.717) is 12.6 Å². The molecule has 3 atom stereocenters. The molecule has 0 radical (unpaired) electrons. The average molecular weight is 291 g/mol. The summed E-state index contributed by atoms with van der Waals surface area (Å²) in [7, 11) is 2.04. The Hall–Kier alpha value is -1.22. The first kappa shape index (κ1) is 16.2. The van der Waals surface area contributed by atoms with Crippen molar-refractivity contribution in [1.82, 2.24) is 5.32 Å². The Morgan fingerprint density at radius 3 is 2.57 bits per heavy atom. The highest BCUT2D eigenvalue weighted by molar-refractivity contribution is 5.39. The summed E-state index contributed by atoms with van der Waals surface area (Å²) in [6.07, 6.45) is 6.46. The summed E-state index contributed by atoms with van der Waals surface area (Å²) in [4.78, 5) is 0. The quantitative estimate of drug-likeness (QED) is 0.823. The molecule has 3 heteroatoms. The second kappa shape index (κ2) is 8.28. The molecule has 0 aromatic heterocycles. The normalized spacial score (nSPS) is 25.6. The molecule has 1 aromatic carbocycles. The molecule has 21 heavy (non-hydrogen) atoms. The lowest BCUT2D eigenvalue weighted by molar-refractivity contribution is 0.0832. The van der Waals surface area contributed by atoms with Crippen LogP contribution in [0.5, 0.6) is 11.5 Å². The molecule has 1 N–H and O–H groups in total. The molecule has 0 bridgehead atoms. The third-order valence-electron chi connectivity index (χ3n) is 4.40. The van der Waals surface area contributed by atoms with Crippen LogP contribution in [-0.4, -0.2) is 25.8 Å². The van der Waals surface area contributed by atoms with E-state index in [9.17, 15) is 0 Å². The van der Waals surface area contributed by atoms with Gasteiger partial charge in [0.25, 0.3) is 0 Å². The first-order valence-electron chi connectivity index (χ1n) is 8.34. The second-order valence-corrected chi connectivity index (χ2v) is 5.90. The minimum absolute atomic E-state index is 0.238. The van der Waals surface area contributed by atoms with E-state index in [1.165, 1.54) is 25.7 Å². The van der Waals surface area contributed by atoms with Gasteiger partial charge in [0.1, 0.15) is 6.10 Å². The predicted molar refractivity (Wildman–Crippen MR) is 87.1 cm³/mol. The summed E-state index contributed by atoms with van der Waals surface area (Å²) in [5.74, 6) is 2.53. The van der Waals surface area contributed by atoms with Gasteiger partial charge in [-0.3, -0.25) is 0 Å². The monoisotopic (exact) mass is 291 g/mol. The lowest BCUT2D eigenvalue weighted by atomic mass is 9.81. The van der Waals surface area contributed by atoms with Gasteiger partial charge in [0, 0.05) is 6.04 Å². The Bertz CT molecular complexity index is 421. The van der Waals surface area contributed by atoms with Crippen molar-refractivity contribution in [3.8, 4) is 11.5 Å². The van der Waals surface area contributed by atoms with Crippen LogP contribution in [0.1, 0.15) is 46.0 Å². The topological polar surface area (TPSA) is 30.5 Å². The maximum atomic E-state index is 6.33. The smallest absolute Gasteiger partial charge is 0.161 e. The van der Waals surface area contributed by atoms with Crippen LogP contribution in [-0.2, 0) is 0 Å². The third-order valence-corrected chi connectivity index (χ3v) is 4.40. The third kappa shape index (κ3) is 4.37. The van der Waals surface area contributed by atoms with Crippen molar-refractivity contribution in [3.63, 3.8) is 0 Å². The molecule has 118 valence electrons. The standard InChI is InChI=1S/C18H29NO2/c1-4-8-14-11-12-15(19-3)18(13-14)21-17-10-7-6-9-16(17)20-5-2/h6-7,9-10,14-15,18-19H,4-5,8,11-13H2,1-3H3. The van der Waals surface area contributed by atoms with E-state index < -0.39 is 0 Å². The molecule has 0 heterocycles. The molecule has 3 nitrogen and oxygen atoms in total. The predicted octanol–water partition coefficient (Wildman–Crippen LogP) is 4.02. The van der Waals surface area contributed by atoms with Crippen molar-refractivity contribution in [2.75, 3.05) is 13.7 Å². The van der Waals surface area contributed by atoms with Gasteiger partial charge in [-0.25, -0.2) is 0 Å². The minimum Gasteiger partial charge on any atom is -0.490 e. The molecule has 2 rings (SSSR count). The molecule has 0 aliphatic heterocycles. The first-order chi connectivity index (χ1) is 10.3. The average Bonchev–Trinajstić information content (AvgIpc) is 2.50. The first-order valence-corrected chi connectivity index (χ1v) is 8.34. The van der Waals surface area contributed by atoms with Crippen LogP contribution in [0.2, 0.25) is 0 Å². The SMILES string of the molecule is CCCC1CCC(NC)C(Oc2ccccc2OCC)C1. The fourth-order valence-electron chi connectivity index (χ4n) is 3.33. The van der Waals surface area contributed by atoms with E-state index >= 15 is 0 Å². The van der Waals surface area contributed by atoms with Crippen molar-refractivity contribution >= 4 is 0 Å².